The molecule has 4 rings (SSSR count). The first-order valence-corrected chi connectivity index (χ1v) is 9.64. The molecule has 1 aliphatic rings. The molecular weight excluding hydrogens is 340 g/mol. The van der Waals surface area contributed by atoms with E-state index in [1.54, 1.807) is 0 Å². The molecule has 3 aromatic rings. The Morgan fingerprint density at radius 3 is 2.93 bits per heavy atom. The molecule has 0 fully saturated rings. The molecule has 1 N–H and O–H groups in total. The largest absolute Gasteiger partial charge is 0.476 e. The highest BCUT2D eigenvalue weighted by atomic mass is 16.4. The zero-order valence-electron chi connectivity index (χ0n) is 15.9. The summed E-state index contributed by atoms with van der Waals surface area (Å²) in [6, 6.07) is 10.9. The lowest BCUT2D eigenvalue weighted by Gasteiger charge is -2.31. The number of aromatic carboxylic acids is 1. The highest BCUT2D eigenvalue weighted by Gasteiger charge is 2.30. The fourth-order valence-corrected chi connectivity index (χ4v) is 4.26. The fraction of sp³-hybridized carbons (Fsp3) is 0.429. The zero-order valence-corrected chi connectivity index (χ0v) is 15.9. The molecule has 2 aromatic heterocycles. The van der Waals surface area contributed by atoms with Crippen LogP contribution in [-0.2, 0) is 25.9 Å². The van der Waals surface area contributed by atoms with Gasteiger partial charge in [-0.05, 0) is 50.8 Å². The van der Waals surface area contributed by atoms with E-state index in [-0.39, 0.29) is 5.69 Å². The number of hydrogen-bond donors (Lipinski definition) is 1. The molecule has 0 amide bonds. The summed E-state index contributed by atoms with van der Waals surface area (Å²) in [6.07, 6.45) is 4.84. The Kier molecular flexibility index (Phi) is 4.74. The number of benzene rings is 1. The summed E-state index contributed by atoms with van der Waals surface area (Å²) < 4.78 is 4.15. The van der Waals surface area contributed by atoms with E-state index in [9.17, 15) is 9.90 Å². The summed E-state index contributed by atoms with van der Waals surface area (Å²) in [5.41, 5.74) is 3.53. The smallest absolute Gasteiger partial charge is 0.356 e. The molecular formula is C21H26N4O2. The van der Waals surface area contributed by atoms with Gasteiger partial charge in [0.1, 0.15) is 0 Å². The Morgan fingerprint density at radius 2 is 2.15 bits per heavy atom. The minimum Gasteiger partial charge on any atom is -0.476 e. The molecule has 6 nitrogen and oxygen atoms in total. The van der Waals surface area contributed by atoms with Gasteiger partial charge in [-0.2, -0.15) is 5.10 Å². The third-order valence-corrected chi connectivity index (χ3v) is 5.82. The summed E-state index contributed by atoms with van der Waals surface area (Å²) >= 11 is 0. The van der Waals surface area contributed by atoms with Crippen LogP contribution in [0.15, 0.2) is 36.5 Å². The Bertz CT molecular complexity index is 972. The molecule has 1 atom stereocenters. The lowest BCUT2D eigenvalue weighted by molar-refractivity contribution is 0.0687. The minimum absolute atomic E-state index is 0.237. The molecule has 1 aliphatic carbocycles. The number of aryl methyl sites for hydroxylation is 1. The zero-order chi connectivity index (χ0) is 19.0. The van der Waals surface area contributed by atoms with Crippen LogP contribution in [0.25, 0.3) is 10.9 Å². The number of likely N-dealkylation sites (N-methyl/N-ethyl adjacent to an activating group) is 1. The molecule has 0 aliphatic heterocycles. The molecule has 27 heavy (non-hydrogen) atoms. The summed E-state index contributed by atoms with van der Waals surface area (Å²) in [7, 11) is 2.14. The van der Waals surface area contributed by atoms with Gasteiger partial charge in [-0.25, -0.2) is 4.79 Å². The van der Waals surface area contributed by atoms with Crippen molar-refractivity contribution in [2.24, 2.45) is 0 Å². The van der Waals surface area contributed by atoms with E-state index in [4.69, 9.17) is 0 Å². The van der Waals surface area contributed by atoms with Crippen molar-refractivity contribution in [3.63, 3.8) is 0 Å². The van der Waals surface area contributed by atoms with Crippen molar-refractivity contribution in [1.29, 1.82) is 0 Å². The van der Waals surface area contributed by atoms with Gasteiger partial charge in [0.15, 0.2) is 5.69 Å². The maximum Gasteiger partial charge on any atom is 0.356 e. The first kappa shape index (κ1) is 17.8. The van der Waals surface area contributed by atoms with Crippen molar-refractivity contribution < 1.29 is 9.90 Å². The average molecular weight is 366 g/mol. The fourth-order valence-electron chi connectivity index (χ4n) is 4.26. The molecule has 2 heterocycles. The number of carbonyl (C=O) groups is 1. The molecule has 1 aromatic carbocycles. The van der Waals surface area contributed by atoms with Gasteiger partial charge in [0.05, 0.1) is 0 Å². The van der Waals surface area contributed by atoms with Gasteiger partial charge in [0, 0.05) is 48.6 Å². The second-order valence-corrected chi connectivity index (χ2v) is 7.34. The normalized spacial score (nSPS) is 16.8. The molecule has 0 spiro atoms. The molecule has 0 saturated heterocycles. The molecule has 0 radical (unpaired) electrons. The number of carboxylic acid groups (broad SMARTS) is 1. The Hall–Kier alpha value is -2.60. The van der Waals surface area contributed by atoms with Gasteiger partial charge in [-0.15, -0.1) is 0 Å². The van der Waals surface area contributed by atoms with Crippen LogP contribution in [0.3, 0.4) is 0 Å². The number of hydrogen-bond acceptors (Lipinski definition) is 3. The van der Waals surface area contributed by atoms with Gasteiger partial charge < -0.3 is 14.6 Å². The quantitative estimate of drug-likeness (QED) is 0.728. The maximum atomic E-state index is 11.6. The van der Waals surface area contributed by atoms with Crippen molar-refractivity contribution in [1.82, 2.24) is 19.2 Å². The predicted octanol–water partition coefficient (Wildman–Crippen LogP) is 3.05. The van der Waals surface area contributed by atoms with Crippen LogP contribution in [0.1, 0.15) is 35.1 Å². The van der Waals surface area contributed by atoms with E-state index >= 15 is 0 Å². The van der Waals surface area contributed by atoms with Crippen LogP contribution in [-0.4, -0.2) is 50.0 Å². The van der Waals surface area contributed by atoms with Crippen LogP contribution in [0.4, 0.5) is 0 Å². The van der Waals surface area contributed by atoms with Crippen molar-refractivity contribution in [3.8, 4) is 0 Å². The van der Waals surface area contributed by atoms with Crippen molar-refractivity contribution in [2.75, 3.05) is 13.6 Å². The molecule has 142 valence electrons. The van der Waals surface area contributed by atoms with E-state index in [1.165, 1.54) is 10.9 Å². The van der Waals surface area contributed by atoms with E-state index < -0.39 is 5.97 Å². The van der Waals surface area contributed by atoms with Crippen molar-refractivity contribution in [3.05, 3.63) is 53.5 Å². The van der Waals surface area contributed by atoms with Crippen LogP contribution in [0.2, 0.25) is 0 Å². The molecule has 0 unspecified atom stereocenters. The van der Waals surface area contributed by atoms with Crippen molar-refractivity contribution in [2.45, 2.75) is 45.3 Å². The van der Waals surface area contributed by atoms with E-state index in [0.717, 1.165) is 50.2 Å². The molecule has 6 heteroatoms. The first-order valence-electron chi connectivity index (χ1n) is 9.64. The van der Waals surface area contributed by atoms with Gasteiger partial charge >= 0.3 is 5.97 Å². The molecule has 0 saturated carbocycles. The highest BCUT2D eigenvalue weighted by Crippen LogP contribution is 2.27. The standard InChI is InChI=1S/C21H26N4O2/c1-3-25-19-9-8-16(14-17(19)20(22-25)21(26)27)23(2)12-13-24-11-10-15-6-4-5-7-18(15)24/h4-7,10-11,16H,3,8-9,12-14H2,1-2H3,(H,26,27)/t16-/m0/s1. The average Bonchev–Trinajstić information content (AvgIpc) is 3.27. The van der Waals surface area contributed by atoms with Gasteiger partial charge in [0.25, 0.3) is 0 Å². The lowest BCUT2D eigenvalue weighted by Crippen LogP contribution is -2.38. The minimum atomic E-state index is -0.916. The van der Waals surface area contributed by atoms with Crippen LogP contribution in [0.5, 0.6) is 0 Å². The third kappa shape index (κ3) is 3.25. The number of aromatic nitrogens is 3. The van der Waals surface area contributed by atoms with E-state index in [0.29, 0.717) is 6.04 Å². The van der Waals surface area contributed by atoms with Crippen LogP contribution in [0, 0.1) is 0 Å². The third-order valence-electron chi connectivity index (χ3n) is 5.82. The highest BCUT2D eigenvalue weighted by molar-refractivity contribution is 5.87. The van der Waals surface area contributed by atoms with Crippen molar-refractivity contribution >= 4 is 16.9 Å². The summed E-state index contributed by atoms with van der Waals surface area (Å²) in [5.74, 6) is -0.916. The maximum absolute atomic E-state index is 11.6. The number of carboxylic acids is 1. The number of fused-ring (bicyclic) bond motifs is 2. The van der Waals surface area contributed by atoms with Crippen LogP contribution >= 0.6 is 0 Å². The van der Waals surface area contributed by atoms with E-state index in [2.05, 4.69) is 58.1 Å². The van der Waals surface area contributed by atoms with Gasteiger partial charge in [0.2, 0.25) is 0 Å². The number of para-hydroxylation sites is 1. The van der Waals surface area contributed by atoms with E-state index in [1.807, 2.05) is 11.6 Å². The summed E-state index contributed by atoms with van der Waals surface area (Å²) in [4.78, 5) is 14.0. The van der Waals surface area contributed by atoms with Gasteiger partial charge in [-0.1, -0.05) is 18.2 Å². The van der Waals surface area contributed by atoms with Crippen LogP contribution < -0.4 is 0 Å². The predicted molar refractivity (Wildman–Crippen MR) is 105 cm³/mol. The second kappa shape index (κ2) is 7.19. The number of rotatable bonds is 6. The summed E-state index contributed by atoms with van der Waals surface area (Å²) in [5, 5.41) is 15.1. The monoisotopic (exact) mass is 366 g/mol. The summed E-state index contributed by atoms with van der Waals surface area (Å²) in [6.45, 7) is 4.59. The van der Waals surface area contributed by atoms with Gasteiger partial charge in [-0.3, -0.25) is 4.68 Å². The topological polar surface area (TPSA) is 63.3 Å². The second-order valence-electron chi connectivity index (χ2n) is 7.34. The lowest BCUT2D eigenvalue weighted by atomic mass is 9.90. The Morgan fingerprint density at radius 1 is 1.33 bits per heavy atom. The SMILES string of the molecule is CCn1nc(C(=O)O)c2c1CC[C@H](N(C)CCn1ccc3ccccc31)C2. The Labute approximate surface area is 159 Å². The Balaban J connectivity index is 1.47. The number of nitrogens with zero attached hydrogens (tertiary/aromatic N) is 4. The molecule has 0 bridgehead atoms. The first-order chi connectivity index (χ1) is 13.1.